The molecule has 2 aromatic rings. The number of rotatable bonds is 3. The Morgan fingerprint density at radius 2 is 1.83 bits per heavy atom. The maximum absolute atomic E-state index is 11.4. The Bertz CT molecular complexity index is 722. The van der Waals surface area contributed by atoms with E-state index in [1.807, 2.05) is 19.1 Å². The van der Waals surface area contributed by atoms with Gasteiger partial charge in [-0.2, -0.15) is 0 Å². The summed E-state index contributed by atoms with van der Waals surface area (Å²) in [6, 6.07) is 7.34. The molecular weight excluding hydrogens is 292 g/mol. The summed E-state index contributed by atoms with van der Waals surface area (Å²) in [5.74, 6) is 1.47. The monoisotopic (exact) mass is 312 g/mol. The third kappa shape index (κ3) is 3.17. The molecule has 1 saturated heterocycles. The van der Waals surface area contributed by atoms with E-state index in [4.69, 9.17) is 10.5 Å². The van der Waals surface area contributed by atoms with Gasteiger partial charge in [0.05, 0.1) is 18.9 Å². The van der Waals surface area contributed by atoms with Crippen LogP contribution in [-0.4, -0.2) is 42.1 Å². The molecule has 6 heteroatoms. The number of hydrogen-bond donors (Lipinski definition) is 1. The number of anilines is 2. The average Bonchev–Trinajstić information content (AvgIpc) is 2.57. The summed E-state index contributed by atoms with van der Waals surface area (Å²) in [6.07, 6.45) is 0. The molecule has 0 saturated carbocycles. The zero-order valence-corrected chi connectivity index (χ0v) is 13.4. The number of carbonyl (C=O) groups excluding carboxylic acids is 1. The molecule has 23 heavy (non-hydrogen) atoms. The third-order valence-electron chi connectivity index (χ3n) is 3.91. The lowest BCUT2D eigenvalue weighted by Gasteiger charge is -2.29. The predicted octanol–water partition coefficient (Wildman–Crippen LogP) is 2.07. The molecule has 1 aromatic carbocycles. The van der Waals surface area contributed by atoms with E-state index in [-0.39, 0.29) is 5.78 Å². The number of morpholine rings is 1. The quantitative estimate of drug-likeness (QED) is 0.874. The number of ketones is 1. The van der Waals surface area contributed by atoms with Crippen molar-refractivity contribution in [2.75, 3.05) is 36.9 Å². The number of nitrogen functional groups attached to an aromatic ring is 1. The number of carbonyl (C=O) groups is 1. The van der Waals surface area contributed by atoms with Crippen LogP contribution in [0.2, 0.25) is 0 Å². The normalized spacial score (nSPS) is 14.8. The van der Waals surface area contributed by atoms with Gasteiger partial charge in [0.25, 0.3) is 0 Å². The first-order valence-corrected chi connectivity index (χ1v) is 7.64. The third-order valence-corrected chi connectivity index (χ3v) is 3.91. The number of benzene rings is 1. The van der Waals surface area contributed by atoms with E-state index in [2.05, 4.69) is 14.9 Å². The second-order valence-corrected chi connectivity index (χ2v) is 5.59. The molecule has 0 amide bonds. The molecule has 1 aliphatic heterocycles. The van der Waals surface area contributed by atoms with Crippen LogP contribution in [0.3, 0.4) is 0 Å². The Balaban J connectivity index is 2.01. The van der Waals surface area contributed by atoms with E-state index in [0.717, 1.165) is 24.5 Å². The minimum atomic E-state index is 0.0393. The molecule has 6 nitrogen and oxygen atoms in total. The maximum Gasteiger partial charge on any atom is 0.159 e. The molecule has 0 unspecified atom stereocenters. The molecule has 0 aliphatic carbocycles. The molecule has 1 aromatic heterocycles. The van der Waals surface area contributed by atoms with Crippen LogP contribution in [0.4, 0.5) is 11.5 Å². The van der Waals surface area contributed by atoms with Crippen molar-refractivity contribution < 1.29 is 9.53 Å². The maximum atomic E-state index is 11.4. The van der Waals surface area contributed by atoms with Crippen molar-refractivity contribution in [1.29, 1.82) is 0 Å². The summed E-state index contributed by atoms with van der Waals surface area (Å²) in [5, 5.41) is 0. The Labute approximate surface area is 135 Å². The largest absolute Gasteiger partial charge is 0.394 e. The van der Waals surface area contributed by atoms with Crippen molar-refractivity contribution >= 4 is 17.3 Å². The minimum absolute atomic E-state index is 0.0393. The Morgan fingerprint density at radius 1 is 1.17 bits per heavy atom. The molecule has 0 radical (unpaired) electrons. The van der Waals surface area contributed by atoms with E-state index in [0.29, 0.717) is 36.0 Å². The van der Waals surface area contributed by atoms with Crippen LogP contribution < -0.4 is 10.6 Å². The van der Waals surface area contributed by atoms with E-state index < -0.39 is 0 Å². The lowest BCUT2D eigenvalue weighted by molar-refractivity contribution is 0.101. The van der Waals surface area contributed by atoms with Gasteiger partial charge in [0, 0.05) is 24.2 Å². The fraction of sp³-hybridized carbons (Fsp3) is 0.353. The zero-order valence-electron chi connectivity index (χ0n) is 13.4. The Kier molecular flexibility index (Phi) is 4.25. The van der Waals surface area contributed by atoms with Gasteiger partial charge in [-0.05, 0) is 13.8 Å². The van der Waals surface area contributed by atoms with Crippen molar-refractivity contribution in [3.63, 3.8) is 0 Å². The van der Waals surface area contributed by atoms with Gasteiger partial charge < -0.3 is 15.4 Å². The number of aromatic nitrogens is 2. The molecule has 1 fully saturated rings. The second-order valence-electron chi connectivity index (χ2n) is 5.59. The molecule has 0 spiro atoms. The summed E-state index contributed by atoms with van der Waals surface area (Å²) in [4.78, 5) is 22.5. The van der Waals surface area contributed by atoms with Crippen LogP contribution in [0.15, 0.2) is 24.3 Å². The first kappa shape index (κ1) is 15.4. The predicted molar refractivity (Wildman–Crippen MR) is 89.7 cm³/mol. The van der Waals surface area contributed by atoms with Crippen molar-refractivity contribution in [2.45, 2.75) is 13.8 Å². The number of hydrogen-bond acceptors (Lipinski definition) is 6. The van der Waals surface area contributed by atoms with Gasteiger partial charge >= 0.3 is 0 Å². The van der Waals surface area contributed by atoms with Crippen LogP contribution in [0.1, 0.15) is 23.1 Å². The number of nitrogens with zero attached hydrogens (tertiary/aromatic N) is 3. The summed E-state index contributed by atoms with van der Waals surface area (Å²) in [7, 11) is 0. The number of ether oxygens (including phenoxy) is 1. The summed E-state index contributed by atoms with van der Waals surface area (Å²) >= 11 is 0. The summed E-state index contributed by atoms with van der Waals surface area (Å²) in [5.41, 5.74) is 9.16. The summed E-state index contributed by atoms with van der Waals surface area (Å²) in [6.45, 7) is 6.29. The van der Waals surface area contributed by atoms with Gasteiger partial charge in [0.1, 0.15) is 11.5 Å². The lowest BCUT2D eigenvalue weighted by Crippen LogP contribution is -2.37. The fourth-order valence-corrected chi connectivity index (χ4v) is 2.67. The molecule has 2 N–H and O–H groups in total. The molecule has 0 bridgehead atoms. The van der Waals surface area contributed by atoms with Crippen molar-refractivity contribution in [2.24, 2.45) is 0 Å². The molecule has 1 aliphatic rings. The number of Topliss-reactive ketones (excluding diaryl/α,β-unsaturated/α-hetero) is 1. The van der Waals surface area contributed by atoms with E-state index >= 15 is 0 Å². The van der Waals surface area contributed by atoms with Crippen molar-refractivity contribution in [1.82, 2.24) is 9.97 Å². The topological polar surface area (TPSA) is 81.3 Å². The molecule has 120 valence electrons. The van der Waals surface area contributed by atoms with Gasteiger partial charge in [0.2, 0.25) is 0 Å². The van der Waals surface area contributed by atoms with Gasteiger partial charge in [-0.3, -0.25) is 4.79 Å². The van der Waals surface area contributed by atoms with Crippen LogP contribution in [-0.2, 0) is 4.74 Å². The number of aryl methyl sites for hydroxylation is 1. The summed E-state index contributed by atoms with van der Waals surface area (Å²) < 4.78 is 5.38. The Morgan fingerprint density at radius 3 is 2.43 bits per heavy atom. The number of nitrogens with two attached hydrogens (primary N) is 1. The van der Waals surface area contributed by atoms with Gasteiger partial charge in [0.15, 0.2) is 11.6 Å². The van der Waals surface area contributed by atoms with E-state index in [9.17, 15) is 4.79 Å². The highest BCUT2D eigenvalue weighted by molar-refractivity contribution is 5.94. The smallest absolute Gasteiger partial charge is 0.159 e. The highest BCUT2D eigenvalue weighted by Gasteiger charge is 2.19. The average molecular weight is 312 g/mol. The zero-order chi connectivity index (χ0) is 16.4. The van der Waals surface area contributed by atoms with E-state index in [1.165, 1.54) is 0 Å². The van der Waals surface area contributed by atoms with Gasteiger partial charge in [-0.25, -0.2) is 9.97 Å². The molecule has 2 heterocycles. The van der Waals surface area contributed by atoms with E-state index in [1.54, 1.807) is 19.1 Å². The standard InChI is InChI=1S/C17H20N4O2/c1-11(22)13-3-5-14(6-4-13)16-15(18)17(20-12(2)19-16)21-7-9-23-10-8-21/h3-6H,7-10,18H2,1-2H3. The fourth-order valence-electron chi connectivity index (χ4n) is 2.67. The van der Waals surface area contributed by atoms with Crippen LogP contribution in [0, 0.1) is 6.92 Å². The SMILES string of the molecule is CC(=O)c1ccc(-c2nc(C)nc(N3CCOCC3)c2N)cc1. The van der Waals surface area contributed by atoms with Crippen LogP contribution in [0.5, 0.6) is 0 Å². The first-order chi connectivity index (χ1) is 11.1. The van der Waals surface area contributed by atoms with Crippen molar-refractivity contribution in [3.8, 4) is 11.3 Å². The minimum Gasteiger partial charge on any atom is -0.394 e. The Hall–Kier alpha value is -2.47. The first-order valence-electron chi connectivity index (χ1n) is 7.64. The molecule has 3 rings (SSSR count). The van der Waals surface area contributed by atoms with Crippen LogP contribution in [0.25, 0.3) is 11.3 Å². The second kappa shape index (κ2) is 6.34. The highest BCUT2D eigenvalue weighted by Crippen LogP contribution is 2.31. The van der Waals surface area contributed by atoms with Crippen molar-refractivity contribution in [3.05, 3.63) is 35.7 Å². The highest BCUT2D eigenvalue weighted by atomic mass is 16.5. The molecule has 0 atom stereocenters. The van der Waals surface area contributed by atoms with Gasteiger partial charge in [-0.1, -0.05) is 24.3 Å². The lowest BCUT2D eigenvalue weighted by atomic mass is 10.1. The molecular formula is C17H20N4O2. The van der Waals surface area contributed by atoms with Crippen LogP contribution >= 0.6 is 0 Å². The van der Waals surface area contributed by atoms with Gasteiger partial charge in [-0.15, -0.1) is 0 Å².